The maximum Gasteiger partial charge on any atom is 0.310 e. The van der Waals surface area contributed by atoms with Crippen LogP contribution in [0.5, 0.6) is 0 Å². The molecule has 1 saturated carbocycles. The van der Waals surface area contributed by atoms with Crippen molar-refractivity contribution in [3.8, 4) is 0 Å². The number of methoxy groups -OCH3 is 1. The number of hydrogen-bond donors (Lipinski definition) is 1. The molecule has 6 heteroatoms. The molecule has 5 nitrogen and oxygen atoms in total. The summed E-state index contributed by atoms with van der Waals surface area (Å²) >= 11 is 0. The summed E-state index contributed by atoms with van der Waals surface area (Å²) in [6.07, 6.45) is 1.13. The zero-order chi connectivity index (χ0) is 16.4. The van der Waals surface area contributed by atoms with Gasteiger partial charge >= 0.3 is 5.97 Å². The molecule has 2 fully saturated rings. The van der Waals surface area contributed by atoms with Gasteiger partial charge in [0.15, 0.2) is 5.96 Å². The number of nitrogens with one attached hydrogen (secondary N) is 1. The summed E-state index contributed by atoms with van der Waals surface area (Å²) in [4.78, 5) is 18.4. The summed E-state index contributed by atoms with van der Waals surface area (Å²) < 4.78 is 4.91. The second kappa shape index (κ2) is 8.18. The van der Waals surface area contributed by atoms with E-state index in [2.05, 4.69) is 46.4 Å². The number of likely N-dealkylation sites (tertiary alicyclic amines) is 1. The molecular weight excluding hydrogens is 417 g/mol. The van der Waals surface area contributed by atoms with Gasteiger partial charge in [-0.2, -0.15) is 0 Å². The van der Waals surface area contributed by atoms with Gasteiger partial charge in [0.2, 0.25) is 0 Å². The van der Waals surface area contributed by atoms with E-state index in [1.54, 1.807) is 7.05 Å². The van der Waals surface area contributed by atoms with E-state index in [-0.39, 0.29) is 41.8 Å². The Kier molecular flexibility index (Phi) is 6.48. The molecular formula is C18H26IN3O2. The van der Waals surface area contributed by atoms with E-state index in [9.17, 15) is 4.79 Å². The van der Waals surface area contributed by atoms with Crippen molar-refractivity contribution in [2.75, 3.05) is 27.2 Å². The maximum absolute atomic E-state index is 11.8. The number of aliphatic imine (C=N–C) groups is 1. The van der Waals surface area contributed by atoms with Crippen LogP contribution in [-0.2, 0) is 9.53 Å². The first-order valence-electron chi connectivity index (χ1n) is 8.25. The summed E-state index contributed by atoms with van der Waals surface area (Å²) in [5.74, 6) is 1.55. The second-order valence-electron chi connectivity index (χ2n) is 6.56. The lowest BCUT2D eigenvalue weighted by Crippen LogP contribution is -2.42. The lowest BCUT2D eigenvalue weighted by molar-refractivity contribution is -0.145. The Morgan fingerprint density at radius 2 is 2.00 bits per heavy atom. The van der Waals surface area contributed by atoms with E-state index in [1.807, 2.05) is 6.07 Å². The number of halogens is 1. The second-order valence-corrected chi connectivity index (χ2v) is 6.56. The summed E-state index contributed by atoms with van der Waals surface area (Å²) in [5.41, 5.74) is 1.38. The Morgan fingerprint density at radius 3 is 2.62 bits per heavy atom. The van der Waals surface area contributed by atoms with Crippen molar-refractivity contribution in [1.29, 1.82) is 0 Å². The van der Waals surface area contributed by atoms with Crippen LogP contribution in [0.3, 0.4) is 0 Å². The minimum atomic E-state index is -0.121. The van der Waals surface area contributed by atoms with Gasteiger partial charge in [0.1, 0.15) is 0 Å². The van der Waals surface area contributed by atoms with Gasteiger partial charge in [-0.05, 0) is 17.9 Å². The van der Waals surface area contributed by atoms with E-state index >= 15 is 0 Å². The fraction of sp³-hybridized carbons (Fsp3) is 0.556. The summed E-state index contributed by atoms with van der Waals surface area (Å²) in [5, 5.41) is 3.55. The van der Waals surface area contributed by atoms with Gasteiger partial charge in [-0.3, -0.25) is 9.79 Å². The van der Waals surface area contributed by atoms with E-state index in [4.69, 9.17) is 4.74 Å². The van der Waals surface area contributed by atoms with Crippen molar-refractivity contribution in [3.05, 3.63) is 35.9 Å². The molecule has 0 aromatic heterocycles. The number of guanidine groups is 1. The van der Waals surface area contributed by atoms with Crippen LogP contribution in [0.2, 0.25) is 0 Å². The Balaban J connectivity index is 0.00000208. The summed E-state index contributed by atoms with van der Waals surface area (Å²) in [6, 6.07) is 11.0. The van der Waals surface area contributed by atoms with E-state index in [0.717, 1.165) is 18.9 Å². The molecule has 1 aliphatic carbocycles. The van der Waals surface area contributed by atoms with Crippen molar-refractivity contribution < 1.29 is 9.53 Å². The SMILES string of the molecule is CN=C(NC1CC1c1ccccc1)N1CC(C)C(C(=O)OC)C1.I. The molecule has 1 aromatic carbocycles. The number of carbonyl (C=O) groups excluding carboxylic acids is 1. The van der Waals surface area contributed by atoms with Crippen LogP contribution in [0, 0.1) is 11.8 Å². The van der Waals surface area contributed by atoms with Crippen molar-refractivity contribution in [2.45, 2.75) is 25.3 Å². The molecule has 0 bridgehead atoms. The fourth-order valence-corrected chi connectivity index (χ4v) is 3.48. The molecule has 1 saturated heterocycles. The molecule has 2 aliphatic rings. The third-order valence-electron chi connectivity index (χ3n) is 4.96. The predicted octanol–water partition coefficient (Wildman–Crippen LogP) is 2.48. The van der Waals surface area contributed by atoms with Crippen LogP contribution >= 0.6 is 24.0 Å². The maximum atomic E-state index is 11.8. The highest BCUT2D eigenvalue weighted by molar-refractivity contribution is 14.0. The standard InChI is InChI=1S/C18H25N3O2.HI/c1-12-10-21(11-15(12)17(22)23-3)18(19-2)20-16-9-14(16)13-7-5-4-6-8-13;/h4-8,12,14-16H,9-11H2,1-3H3,(H,19,20);1H. The number of rotatable bonds is 3. The Labute approximate surface area is 160 Å². The quantitative estimate of drug-likeness (QED) is 0.338. The van der Waals surface area contributed by atoms with Gasteiger partial charge in [0.05, 0.1) is 13.0 Å². The van der Waals surface area contributed by atoms with Gasteiger partial charge in [0, 0.05) is 32.1 Å². The van der Waals surface area contributed by atoms with Crippen LogP contribution in [0.15, 0.2) is 35.3 Å². The van der Waals surface area contributed by atoms with Crippen LogP contribution in [0.4, 0.5) is 0 Å². The minimum Gasteiger partial charge on any atom is -0.469 e. The highest BCUT2D eigenvalue weighted by atomic mass is 127. The van der Waals surface area contributed by atoms with Crippen molar-refractivity contribution in [1.82, 2.24) is 10.2 Å². The zero-order valence-electron chi connectivity index (χ0n) is 14.4. The van der Waals surface area contributed by atoms with E-state index in [1.165, 1.54) is 12.7 Å². The van der Waals surface area contributed by atoms with Gasteiger partial charge in [-0.1, -0.05) is 37.3 Å². The molecule has 4 atom stereocenters. The van der Waals surface area contributed by atoms with Gasteiger partial charge < -0.3 is 15.0 Å². The smallest absolute Gasteiger partial charge is 0.310 e. The zero-order valence-corrected chi connectivity index (χ0v) is 16.8. The Hall–Kier alpha value is -1.31. The van der Waals surface area contributed by atoms with Crippen LogP contribution < -0.4 is 5.32 Å². The first-order valence-corrected chi connectivity index (χ1v) is 8.25. The Morgan fingerprint density at radius 1 is 1.29 bits per heavy atom. The van der Waals surface area contributed by atoms with E-state index in [0.29, 0.717) is 18.5 Å². The Bertz CT molecular complexity index is 593. The van der Waals surface area contributed by atoms with Gasteiger partial charge in [-0.15, -0.1) is 24.0 Å². The normalized spacial score (nSPS) is 29.0. The summed E-state index contributed by atoms with van der Waals surface area (Å²) in [6.45, 7) is 3.61. The molecule has 132 valence electrons. The molecule has 0 spiro atoms. The number of ether oxygens (including phenoxy) is 1. The predicted molar refractivity (Wildman–Crippen MR) is 106 cm³/mol. The number of nitrogens with zero attached hydrogens (tertiary/aromatic N) is 2. The molecule has 1 heterocycles. The van der Waals surface area contributed by atoms with Crippen molar-refractivity contribution >= 4 is 35.9 Å². The first kappa shape index (κ1) is 19.0. The molecule has 1 aromatic rings. The third-order valence-corrected chi connectivity index (χ3v) is 4.96. The highest BCUT2D eigenvalue weighted by Gasteiger charge is 2.42. The average molecular weight is 443 g/mol. The lowest BCUT2D eigenvalue weighted by Gasteiger charge is -2.21. The molecule has 3 rings (SSSR count). The van der Waals surface area contributed by atoms with Crippen molar-refractivity contribution in [3.63, 3.8) is 0 Å². The van der Waals surface area contributed by atoms with Crippen LogP contribution in [0.1, 0.15) is 24.8 Å². The van der Waals surface area contributed by atoms with Crippen LogP contribution in [-0.4, -0.2) is 50.1 Å². The number of carbonyl (C=O) groups is 1. The van der Waals surface area contributed by atoms with Crippen molar-refractivity contribution in [2.24, 2.45) is 16.8 Å². The number of benzene rings is 1. The fourth-order valence-electron chi connectivity index (χ4n) is 3.48. The minimum absolute atomic E-state index is 0. The largest absolute Gasteiger partial charge is 0.469 e. The number of esters is 1. The van der Waals surface area contributed by atoms with Crippen LogP contribution in [0.25, 0.3) is 0 Å². The molecule has 0 amide bonds. The van der Waals surface area contributed by atoms with Gasteiger partial charge in [-0.25, -0.2) is 0 Å². The monoisotopic (exact) mass is 443 g/mol. The molecule has 4 unspecified atom stereocenters. The summed E-state index contributed by atoms with van der Waals surface area (Å²) in [7, 11) is 3.26. The topological polar surface area (TPSA) is 53.9 Å². The first-order chi connectivity index (χ1) is 11.1. The highest BCUT2D eigenvalue weighted by Crippen LogP contribution is 2.40. The average Bonchev–Trinajstić information content (AvgIpc) is 3.25. The third kappa shape index (κ3) is 4.02. The molecule has 24 heavy (non-hydrogen) atoms. The van der Waals surface area contributed by atoms with Gasteiger partial charge in [0.25, 0.3) is 0 Å². The molecule has 0 radical (unpaired) electrons. The number of hydrogen-bond acceptors (Lipinski definition) is 3. The van der Waals surface area contributed by atoms with E-state index < -0.39 is 0 Å². The lowest BCUT2D eigenvalue weighted by atomic mass is 9.99. The molecule has 1 N–H and O–H groups in total. The molecule has 1 aliphatic heterocycles.